The second-order valence-corrected chi connectivity index (χ2v) is 10.6. The van der Waals surface area contributed by atoms with E-state index in [1.54, 1.807) is 0 Å². The third kappa shape index (κ3) is 4.01. The van der Waals surface area contributed by atoms with Gasteiger partial charge in [0, 0.05) is 10.0 Å². The van der Waals surface area contributed by atoms with Crippen molar-refractivity contribution in [3.63, 3.8) is 0 Å². The summed E-state index contributed by atoms with van der Waals surface area (Å²) in [5, 5.41) is 0. The summed E-state index contributed by atoms with van der Waals surface area (Å²) in [6.45, 7) is 2.59. The minimum atomic E-state index is -0.162. The van der Waals surface area contributed by atoms with Crippen molar-refractivity contribution in [1.29, 1.82) is 0 Å². The minimum Gasteiger partial charge on any atom is -0.494 e. The SMILES string of the molecule is CCOc1ccc(/C=c2\sc3n(c2=O)[C@@H](c2ccc(Br)cc2)C2=C(N=3)c3ccccc3CC2)cc1. The van der Waals surface area contributed by atoms with Crippen LogP contribution in [0.15, 0.2) is 92.6 Å². The van der Waals surface area contributed by atoms with E-state index in [1.807, 2.05) is 54.0 Å². The van der Waals surface area contributed by atoms with Crippen LogP contribution in [0.3, 0.4) is 0 Å². The van der Waals surface area contributed by atoms with Crippen molar-refractivity contribution in [3.8, 4) is 5.75 Å². The van der Waals surface area contributed by atoms with Crippen LogP contribution < -0.4 is 19.6 Å². The molecule has 2 heterocycles. The summed E-state index contributed by atoms with van der Waals surface area (Å²) in [5.41, 5.74) is 6.80. The molecule has 4 aromatic rings. The summed E-state index contributed by atoms with van der Waals surface area (Å²) < 4.78 is 9.15. The number of nitrogens with zero attached hydrogens (tertiary/aromatic N) is 2. The van der Waals surface area contributed by atoms with Crippen LogP contribution in [0.25, 0.3) is 11.8 Å². The molecule has 1 aliphatic carbocycles. The van der Waals surface area contributed by atoms with Crippen molar-refractivity contribution in [2.24, 2.45) is 4.99 Å². The number of allylic oxidation sites excluding steroid dienone is 1. The molecule has 0 bridgehead atoms. The number of fused-ring (bicyclic) bond motifs is 3. The summed E-state index contributed by atoms with van der Waals surface area (Å²) in [5.74, 6) is 0.827. The molecule has 0 amide bonds. The molecule has 174 valence electrons. The average molecular weight is 543 g/mol. The zero-order valence-corrected chi connectivity index (χ0v) is 21.6. The molecule has 1 aromatic heterocycles. The summed E-state index contributed by atoms with van der Waals surface area (Å²) in [7, 11) is 0. The quantitative estimate of drug-likeness (QED) is 0.342. The summed E-state index contributed by atoms with van der Waals surface area (Å²) >= 11 is 5.01. The molecule has 0 saturated heterocycles. The third-order valence-electron chi connectivity index (χ3n) is 6.55. The summed E-state index contributed by atoms with van der Waals surface area (Å²) in [6, 6.07) is 24.5. The highest BCUT2D eigenvalue weighted by Crippen LogP contribution is 2.41. The maximum absolute atomic E-state index is 13.8. The summed E-state index contributed by atoms with van der Waals surface area (Å²) in [4.78, 5) is 19.6. The molecule has 35 heavy (non-hydrogen) atoms. The van der Waals surface area contributed by atoms with Crippen molar-refractivity contribution >= 4 is 39.0 Å². The van der Waals surface area contributed by atoms with Crippen LogP contribution in [0.2, 0.25) is 0 Å². The number of thiazole rings is 1. The van der Waals surface area contributed by atoms with Crippen molar-refractivity contribution < 1.29 is 4.74 Å². The fourth-order valence-corrected chi connectivity index (χ4v) is 6.21. The molecule has 0 spiro atoms. The molecule has 0 unspecified atom stereocenters. The van der Waals surface area contributed by atoms with Gasteiger partial charge in [-0.05, 0) is 72.4 Å². The number of hydrogen-bond donors (Lipinski definition) is 0. The molecule has 0 radical (unpaired) electrons. The lowest BCUT2D eigenvalue weighted by Gasteiger charge is -2.30. The molecular formula is C29H23BrN2O2S. The van der Waals surface area contributed by atoms with Gasteiger partial charge in [-0.25, -0.2) is 4.99 Å². The van der Waals surface area contributed by atoms with Crippen LogP contribution in [-0.2, 0) is 6.42 Å². The second-order valence-electron chi connectivity index (χ2n) is 8.67. The van der Waals surface area contributed by atoms with Gasteiger partial charge in [0.15, 0.2) is 4.80 Å². The van der Waals surface area contributed by atoms with Crippen LogP contribution in [0, 0.1) is 0 Å². The van der Waals surface area contributed by atoms with E-state index in [9.17, 15) is 4.79 Å². The predicted molar refractivity (Wildman–Crippen MR) is 145 cm³/mol. The van der Waals surface area contributed by atoms with Gasteiger partial charge >= 0.3 is 0 Å². The highest BCUT2D eigenvalue weighted by molar-refractivity contribution is 9.10. The Morgan fingerprint density at radius 1 is 1.06 bits per heavy atom. The lowest BCUT2D eigenvalue weighted by Crippen LogP contribution is -2.38. The fourth-order valence-electron chi connectivity index (χ4n) is 4.95. The fraction of sp³-hybridized carbons (Fsp3) is 0.172. The molecule has 0 saturated carbocycles. The zero-order chi connectivity index (χ0) is 23.9. The maximum Gasteiger partial charge on any atom is 0.271 e. The van der Waals surface area contributed by atoms with E-state index < -0.39 is 0 Å². The van der Waals surface area contributed by atoms with Crippen LogP contribution in [0.1, 0.15) is 41.6 Å². The van der Waals surface area contributed by atoms with Crippen molar-refractivity contribution in [2.45, 2.75) is 25.8 Å². The largest absolute Gasteiger partial charge is 0.494 e. The monoisotopic (exact) mass is 542 g/mol. The molecule has 1 atom stereocenters. The maximum atomic E-state index is 13.8. The van der Waals surface area contributed by atoms with Crippen molar-refractivity contribution in [2.75, 3.05) is 6.61 Å². The standard InChI is InChI=1S/C29H23BrN2O2S/c1-2-34-22-14-7-18(8-15-22)17-25-28(33)32-27(20-9-12-21(30)13-10-20)24-16-11-19-5-3-4-6-23(19)26(24)31-29(32)35-25/h3-10,12-15,17,27H,2,11,16H2,1H3/b25-17-/t27-/m0/s1. The Bertz CT molecular complexity index is 1630. The first-order chi connectivity index (χ1) is 17.1. The molecule has 2 aliphatic rings. The Balaban J connectivity index is 1.55. The molecule has 1 aliphatic heterocycles. The van der Waals surface area contributed by atoms with Gasteiger partial charge in [0.25, 0.3) is 5.56 Å². The summed E-state index contributed by atoms with van der Waals surface area (Å²) in [6.07, 6.45) is 3.79. The van der Waals surface area contributed by atoms with Crippen LogP contribution in [0.5, 0.6) is 5.75 Å². The number of benzene rings is 3. The molecule has 4 nitrogen and oxygen atoms in total. The van der Waals surface area contributed by atoms with Gasteiger partial charge in [-0.3, -0.25) is 9.36 Å². The number of aryl methyl sites for hydroxylation is 1. The highest BCUT2D eigenvalue weighted by Gasteiger charge is 2.32. The van der Waals surface area contributed by atoms with Crippen LogP contribution >= 0.6 is 27.3 Å². The van der Waals surface area contributed by atoms with Gasteiger partial charge < -0.3 is 4.74 Å². The van der Waals surface area contributed by atoms with Gasteiger partial charge in [0.1, 0.15) is 5.75 Å². The molecule has 0 N–H and O–H groups in total. The van der Waals surface area contributed by atoms with Crippen LogP contribution in [0.4, 0.5) is 0 Å². The molecule has 6 rings (SSSR count). The Morgan fingerprint density at radius 3 is 2.60 bits per heavy atom. The van der Waals surface area contributed by atoms with E-state index in [1.165, 1.54) is 28.0 Å². The zero-order valence-electron chi connectivity index (χ0n) is 19.2. The molecule has 0 fully saturated rings. The molecular weight excluding hydrogens is 520 g/mol. The number of rotatable bonds is 4. The molecule has 6 heteroatoms. The van der Waals surface area contributed by atoms with Gasteiger partial charge in [-0.1, -0.05) is 75.8 Å². The van der Waals surface area contributed by atoms with Gasteiger partial charge in [0.2, 0.25) is 0 Å². The van der Waals surface area contributed by atoms with E-state index in [0.29, 0.717) is 11.1 Å². The Kier molecular flexibility index (Phi) is 5.78. The third-order valence-corrected chi connectivity index (χ3v) is 8.06. The first-order valence-corrected chi connectivity index (χ1v) is 13.3. The number of aromatic nitrogens is 1. The van der Waals surface area contributed by atoms with Crippen LogP contribution in [-0.4, -0.2) is 11.2 Å². The average Bonchev–Trinajstić information content (AvgIpc) is 3.19. The lowest BCUT2D eigenvalue weighted by molar-refractivity contribution is 0.340. The van der Waals surface area contributed by atoms with E-state index in [0.717, 1.165) is 44.7 Å². The van der Waals surface area contributed by atoms with E-state index in [2.05, 4.69) is 52.3 Å². The minimum absolute atomic E-state index is 0.000891. The normalized spacial score (nSPS) is 16.9. The first kappa shape index (κ1) is 22.3. The van der Waals surface area contributed by atoms with E-state index in [4.69, 9.17) is 9.73 Å². The topological polar surface area (TPSA) is 43.6 Å². The van der Waals surface area contributed by atoms with Gasteiger partial charge in [-0.15, -0.1) is 0 Å². The van der Waals surface area contributed by atoms with Crippen molar-refractivity contribution in [1.82, 2.24) is 4.57 Å². The number of hydrogen-bond acceptors (Lipinski definition) is 4. The Morgan fingerprint density at radius 2 is 1.83 bits per heavy atom. The highest BCUT2D eigenvalue weighted by atomic mass is 79.9. The molecule has 3 aromatic carbocycles. The van der Waals surface area contributed by atoms with E-state index in [-0.39, 0.29) is 11.6 Å². The second kappa shape index (κ2) is 9.10. The van der Waals surface area contributed by atoms with Crippen molar-refractivity contribution in [3.05, 3.63) is 125 Å². The Hall–Kier alpha value is -3.22. The first-order valence-electron chi connectivity index (χ1n) is 11.7. The van der Waals surface area contributed by atoms with E-state index >= 15 is 0 Å². The Labute approximate surface area is 215 Å². The number of ether oxygens (including phenoxy) is 1. The number of halogens is 1. The smallest absolute Gasteiger partial charge is 0.271 e. The van der Waals surface area contributed by atoms with Gasteiger partial charge in [0.05, 0.1) is 22.9 Å². The predicted octanol–water partition coefficient (Wildman–Crippen LogP) is 5.48. The van der Waals surface area contributed by atoms with Gasteiger partial charge in [-0.2, -0.15) is 0 Å². The lowest BCUT2D eigenvalue weighted by atomic mass is 9.83.